The van der Waals surface area contributed by atoms with E-state index in [9.17, 15) is 9.59 Å². The van der Waals surface area contributed by atoms with Crippen molar-refractivity contribution in [1.82, 2.24) is 0 Å². The molecule has 2 aliphatic rings. The normalized spacial score (nSPS) is 14.8. The summed E-state index contributed by atoms with van der Waals surface area (Å²) in [6.07, 6.45) is 2.44. The van der Waals surface area contributed by atoms with Crippen LogP contribution >= 0.6 is 0 Å². The van der Waals surface area contributed by atoms with Gasteiger partial charge >= 0.3 is 0 Å². The summed E-state index contributed by atoms with van der Waals surface area (Å²) < 4.78 is 10.7. The second-order valence-corrected chi connectivity index (χ2v) is 6.93. The summed E-state index contributed by atoms with van der Waals surface area (Å²) in [5.41, 5.74) is 2.47. The molecule has 2 aliphatic heterocycles. The number of hydrogen-bond acceptors (Lipinski definition) is 5. The van der Waals surface area contributed by atoms with Crippen molar-refractivity contribution >= 4 is 28.9 Å². The van der Waals surface area contributed by atoms with Gasteiger partial charge in [0.05, 0.1) is 0 Å². The van der Waals surface area contributed by atoms with E-state index in [-0.39, 0.29) is 25.2 Å². The van der Waals surface area contributed by atoms with Gasteiger partial charge in [0.25, 0.3) is 0 Å². The summed E-state index contributed by atoms with van der Waals surface area (Å²) in [7, 11) is 0. The molecule has 0 aliphatic carbocycles. The second-order valence-electron chi connectivity index (χ2n) is 6.93. The number of carbonyl (C=O) groups excluding carboxylic acids is 2. The monoisotopic (exact) mass is 381 g/mol. The lowest BCUT2D eigenvalue weighted by Crippen LogP contribution is -2.36. The van der Waals surface area contributed by atoms with Gasteiger partial charge in [0.1, 0.15) is 6.54 Å². The third kappa shape index (κ3) is 3.88. The fourth-order valence-corrected chi connectivity index (χ4v) is 3.51. The predicted molar refractivity (Wildman–Crippen MR) is 107 cm³/mol. The molecule has 1 saturated heterocycles. The van der Waals surface area contributed by atoms with Gasteiger partial charge in [-0.05, 0) is 49.2 Å². The highest BCUT2D eigenvalue weighted by Crippen LogP contribution is 2.35. The molecule has 28 heavy (non-hydrogen) atoms. The van der Waals surface area contributed by atoms with Crippen molar-refractivity contribution in [3.8, 4) is 11.5 Å². The maximum Gasteiger partial charge on any atom is 0.244 e. The van der Waals surface area contributed by atoms with Crippen molar-refractivity contribution in [3.05, 3.63) is 42.5 Å². The lowest BCUT2D eigenvalue weighted by atomic mass is 10.2. The highest BCUT2D eigenvalue weighted by Gasteiger charge is 2.20. The fourth-order valence-electron chi connectivity index (χ4n) is 3.51. The van der Waals surface area contributed by atoms with Crippen LogP contribution in [0.1, 0.15) is 19.8 Å². The van der Waals surface area contributed by atoms with Gasteiger partial charge in [-0.25, -0.2) is 0 Å². The molecule has 0 unspecified atom stereocenters. The third-order valence-electron chi connectivity index (χ3n) is 4.97. The van der Waals surface area contributed by atoms with Crippen molar-refractivity contribution in [2.24, 2.45) is 0 Å². The number of hydrogen-bond donors (Lipinski definition) is 1. The number of nitrogens with zero attached hydrogens (tertiary/aromatic N) is 2. The molecule has 7 nitrogen and oxygen atoms in total. The van der Waals surface area contributed by atoms with Crippen molar-refractivity contribution in [3.63, 3.8) is 0 Å². The van der Waals surface area contributed by atoms with E-state index in [0.29, 0.717) is 22.9 Å². The summed E-state index contributed by atoms with van der Waals surface area (Å²) >= 11 is 0. The van der Waals surface area contributed by atoms with Crippen molar-refractivity contribution in [1.29, 1.82) is 0 Å². The lowest BCUT2D eigenvalue weighted by Gasteiger charge is -2.21. The molecule has 0 radical (unpaired) electrons. The van der Waals surface area contributed by atoms with Crippen LogP contribution in [0, 0.1) is 0 Å². The molecule has 1 fully saturated rings. The molecular weight excluding hydrogens is 358 g/mol. The van der Waals surface area contributed by atoms with Gasteiger partial charge in [-0.3, -0.25) is 9.59 Å². The minimum absolute atomic E-state index is 0.0805. The highest BCUT2D eigenvalue weighted by atomic mass is 16.7. The van der Waals surface area contributed by atoms with E-state index in [2.05, 4.69) is 10.2 Å². The molecule has 0 bridgehead atoms. The summed E-state index contributed by atoms with van der Waals surface area (Å²) in [4.78, 5) is 28.3. The Hall–Kier alpha value is -3.22. The van der Waals surface area contributed by atoms with E-state index in [0.717, 1.165) is 13.1 Å². The zero-order valence-electron chi connectivity index (χ0n) is 15.8. The minimum Gasteiger partial charge on any atom is -0.454 e. The predicted octanol–water partition coefficient (Wildman–Crippen LogP) is 3.01. The molecule has 7 heteroatoms. The second kappa shape index (κ2) is 7.80. The van der Waals surface area contributed by atoms with Crippen molar-refractivity contribution < 1.29 is 19.1 Å². The van der Waals surface area contributed by atoms with E-state index in [4.69, 9.17) is 9.47 Å². The topological polar surface area (TPSA) is 71.1 Å². The van der Waals surface area contributed by atoms with Gasteiger partial charge < -0.3 is 24.6 Å². The number of nitrogens with one attached hydrogen (secondary N) is 1. The molecule has 2 aromatic carbocycles. The standard InChI is InChI=1S/C21H23N3O4/c1-15(25)24(18-8-9-19-20(12-18)28-14-27-19)13-21(26)22-16-4-6-17(7-5-16)23-10-2-3-11-23/h4-9,12H,2-3,10-11,13-14H2,1H3,(H,22,26). The van der Waals surface area contributed by atoms with E-state index in [1.54, 1.807) is 18.2 Å². The molecule has 0 atom stereocenters. The van der Waals surface area contributed by atoms with Gasteiger partial charge in [0.2, 0.25) is 18.6 Å². The van der Waals surface area contributed by atoms with Gasteiger partial charge in [0.15, 0.2) is 11.5 Å². The Morgan fingerprint density at radius 1 is 1.04 bits per heavy atom. The molecular formula is C21H23N3O4. The van der Waals surface area contributed by atoms with Crippen molar-refractivity contribution in [2.75, 3.05) is 41.5 Å². The Morgan fingerprint density at radius 3 is 2.46 bits per heavy atom. The number of amides is 2. The van der Waals surface area contributed by atoms with Crippen LogP contribution < -0.4 is 24.6 Å². The summed E-state index contributed by atoms with van der Waals surface area (Å²) in [5, 5.41) is 2.86. The minimum atomic E-state index is -0.262. The van der Waals surface area contributed by atoms with Crippen LogP contribution in [-0.2, 0) is 9.59 Å². The Labute approximate surface area is 163 Å². The van der Waals surface area contributed by atoms with Crippen LogP contribution in [-0.4, -0.2) is 38.2 Å². The van der Waals surface area contributed by atoms with Gasteiger partial charge in [-0.15, -0.1) is 0 Å². The summed E-state index contributed by atoms with van der Waals surface area (Å²) in [6.45, 7) is 3.67. The number of ether oxygens (including phenoxy) is 2. The van der Waals surface area contributed by atoms with Crippen LogP contribution in [0.2, 0.25) is 0 Å². The Bertz CT molecular complexity index is 876. The number of fused-ring (bicyclic) bond motifs is 1. The summed E-state index contributed by atoms with van der Waals surface area (Å²) in [5.74, 6) is 0.719. The molecule has 146 valence electrons. The largest absolute Gasteiger partial charge is 0.454 e. The van der Waals surface area contributed by atoms with Crippen LogP contribution in [0.4, 0.5) is 17.1 Å². The number of rotatable bonds is 5. The first-order chi connectivity index (χ1) is 13.6. The van der Waals surface area contributed by atoms with Gasteiger partial charge in [-0.1, -0.05) is 0 Å². The van der Waals surface area contributed by atoms with Gasteiger partial charge in [0, 0.05) is 43.1 Å². The van der Waals surface area contributed by atoms with Crippen LogP contribution in [0.5, 0.6) is 11.5 Å². The van der Waals surface area contributed by atoms with Crippen LogP contribution in [0.25, 0.3) is 0 Å². The average Bonchev–Trinajstić information content (AvgIpc) is 3.37. The molecule has 0 aromatic heterocycles. The molecule has 0 saturated carbocycles. The average molecular weight is 381 g/mol. The summed E-state index contributed by atoms with van der Waals surface area (Å²) in [6, 6.07) is 13.0. The Balaban J connectivity index is 1.41. The van der Waals surface area contributed by atoms with Gasteiger partial charge in [-0.2, -0.15) is 0 Å². The molecule has 2 amide bonds. The van der Waals surface area contributed by atoms with E-state index >= 15 is 0 Å². The number of carbonyl (C=O) groups is 2. The molecule has 1 N–H and O–H groups in total. The Morgan fingerprint density at radius 2 is 1.75 bits per heavy atom. The maximum absolute atomic E-state index is 12.5. The SMILES string of the molecule is CC(=O)N(CC(=O)Nc1ccc(N2CCCC2)cc1)c1ccc2c(c1)OCO2. The molecule has 0 spiro atoms. The number of anilines is 3. The quantitative estimate of drug-likeness (QED) is 0.862. The first-order valence-corrected chi connectivity index (χ1v) is 9.43. The van der Waals surface area contributed by atoms with E-state index in [1.807, 2.05) is 24.3 Å². The molecule has 2 heterocycles. The smallest absolute Gasteiger partial charge is 0.244 e. The third-order valence-corrected chi connectivity index (χ3v) is 4.97. The van der Waals surface area contributed by atoms with Crippen LogP contribution in [0.3, 0.4) is 0 Å². The van der Waals surface area contributed by atoms with Crippen molar-refractivity contribution in [2.45, 2.75) is 19.8 Å². The Kier molecular flexibility index (Phi) is 5.06. The first kappa shape index (κ1) is 18.2. The fraction of sp³-hybridized carbons (Fsp3) is 0.333. The molecule has 2 aromatic rings. The van der Waals surface area contributed by atoms with E-state index < -0.39 is 0 Å². The van der Waals surface area contributed by atoms with E-state index in [1.165, 1.54) is 30.4 Å². The first-order valence-electron chi connectivity index (χ1n) is 9.43. The molecule has 4 rings (SSSR count). The zero-order chi connectivity index (χ0) is 19.5. The number of benzene rings is 2. The zero-order valence-corrected chi connectivity index (χ0v) is 15.8. The van der Waals surface area contributed by atoms with Crippen LogP contribution in [0.15, 0.2) is 42.5 Å². The highest BCUT2D eigenvalue weighted by molar-refractivity contribution is 6.02. The maximum atomic E-state index is 12.5. The lowest BCUT2D eigenvalue weighted by molar-refractivity contribution is -0.120.